The van der Waals surface area contributed by atoms with Crippen LogP contribution in [0.25, 0.3) is 5.65 Å². The van der Waals surface area contributed by atoms with Gasteiger partial charge in [-0.1, -0.05) is 11.6 Å². The molecule has 0 unspecified atom stereocenters. The summed E-state index contributed by atoms with van der Waals surface area (Å²) in [5, 5.41) is 9.32. The number of hydrogen-bond acceptors (Lipinski definition) is 8. The number of benzene rings is 1. The van der Waals surface area contributed by atoms with Crippen molar-refractivity contribution in [1.29, 1.82) is 0 Å². The summed E-state index contributed by atoms with van der Waals surface area (Å²) in [6.07, 6.45) is 7.36. The Hall–Kier alpha value is -3.68. The third kappa shape index (κ3) is 6.06. The highest BCUT2D eigenvalue weighted by Crippen LogP contribution is 2.29. The zero-order valence-corrected chi connectivity index (χ0v) is 24.1. The van der Waals surface area contributed by atoms with E-state index in [0.29, 0.717) is 22.9 Å². The second-order valence-electron chi connectivity index (χ2n) is 10.1. The second-order valence-corrected chi connectivity index (χ2v) is 12.3. The van der Waals surface area contributed by atoms with E-state index in [0.717, 1.165) is 37.1 Å². The van der Waals surface area contributed by atoms with E-state index < -0.39 is 22.0 Å². The third-order valence-electron chi connectivity index (χ3n) is 6.94. The molecule has 1 aliphatic rings. The molecule has 0 aliphatic carbocycles. The fraction of sp³-hybridized carbons (Fsp3) is 0.385. The first-order valence-electron chi connectivity index (χ1n) is 12.9. The van der Waals surface area contributed by atoms with Crippen molar-refractivity contribution in [1.82, 2.24) is 29.3 Å². The molecule has 14 heteroatoms. The molecule has 1 aliphatic heterocycles. The molecule has 1 fully saturated rings. The molecule has 1 amide bonds. The first kappa shape index (κ1) is 27.9. The van der Waals surface area contributed by atoms with Gasteiger partial charge in [0.15, 0.2) is 5.65 Å². The molecule has 4 heterocycles. The Labute approximate surface area is 237 Å². The zero-order valence-electron chi connectivity index (χ0n) is 22.5. The molecule has 1 saturated heterocycles. The van der Waals surface area contributed by atoms with Gasteiger partial charge in [0.1, 0.15) is 5.82 Å². The van der Waals surface area contributed by atoms with Crippen molar-refractivity contribution in [3.05, 3.63) is 70.8 Å². The van der Waals surface area contributed by atoms with Crippen LogP contribution in [0.4, 0.5) is 11.5 Å². The van der Waals surface area contributed by atoms with Crippen molar-refractivity contribution in [3.8, 4) is 0 Å². The first-order chi connectivity index (χ1) is 19.0. The molecule has 3 N–H and O–H groups in total. The summed E-state index contributed by atoms with van der Waals surface area (Å²) >= 11 is 6.24. The van der Waals surface area contributed by atoms with Crippen LogP contribution in [0.5, 0.6) is 0 Å². The van der Waals surface area contributed by atoms with Gasteiger partial charge in [0.25, 0.3) is 5.91 Å². The fourth-order valence-corrected chi connectivity index (χ4v) is 5.68. The maximum absolute atomic E-state index is 14.0. The Morgan fingerprint density at radius 1 is 1.32 bits per heavy atom. The maximum Gasteiger partial charge on any atom is 0.256 e. The Balaban J connectivity index is 1.51. The Morgan fingerprint density at radius 2 is 2.12 bits per heavy atom. The number of anilines is 2. The summed E-state index contributed by atoms with van der Waals surface area (Å²) in [6.45, 7) is 6.17. The minimum Gasteiger partial charge on any atom is -0.355 e. The van der Waals surface area contributed by atoms with Crippen LogP contribution in [0.3, 0.4) is 0 Å². The molecule has 4 aromatic rings. The van der Waals surface area contributed by atoms with Gasteiger partial charge in [-0.25, -0.2) is 17.9 Å². The summed E-state index contributed by atoms with van der Waals surface area (Å²) < 4.78 is 29.9. The van der Waals surface area contributed by atoms with E-state index in [9.17, 15) is 13.2 Å². The van der Waals surface area contributed by atoms with Gasteiger partial charge in [-0.3, -0.25) is 14.2 Å². The summed E-state index contributed by atoms with van der Waals surface area (Å²) in [5.74, 6) is 0.475. The molecule has 0 saturated carbocycles. The highest BCUT2D eigenvalue weighted by Gasteiger charge is 2.28. The molecule has 0 radical (unpaired) electrons. The van der Waals surface area contributed by atoms with Crippen LogP contribution in [0.15, 0.2) is 48.9 Å². The van der Waals surface area contributed by atoms with E-state index in [-0.39, 0.29) is 23.8 Å². The van der Waals surface area contributed by atoms with E-state index in [1.54, 1.807) is 20.3 Å². The van der Waals surface area contributed by atoms with Crippen molar-refractivity contribution in [3.63, 3.8) is 0 Å². The summed E-state index contributed by atoms with van der Waals surface area (Å²) in [5.41, 5.74) is 8.67. The van der Waals surface area contributed by atoms with Gasteiger partial charge in [0, 0.05) is 60.9 Å². The number of aromatic nitrogens is 5. The summed E-state index contributed by atoms with van der Waals surface area (Å²) in [4.78, 5) is 22.7. The van der Waals surface area contributed by atoms with Gasteiger partial charge in [0.05, 0.1) is 35.8 Å². The van der Waals surface area contributed by atoms with Crippen LogP contribution in [0.1, 0.15) is 41.0 Å². The van der Waals surface area contributed by atoms with Gasteiger partial charge in [-0.05, 0) is 44.5 Å². The number of fused-ring (bicyclic) bond motifs is 1. The topological polar surface area (TPSA) is 144 Å². The number of amides is 1. The minimum atomic E-state index is -3.64. The zero-order chi connectivity index (χ0) is 28.6. The number of nitrogens with two attached hydrogens (primary N) is 1. The maximum atomic E-state index is 14.0. The highest BCUT2D eigenvalue weighted by molar-refractivity contribution is 7.92. The third-order valence-corrected chi connectivity index (χ3v) is 7.77. The lowest BCUT2D eigenvalue weighted by Gasteiger charge is -2.29. The Kier molecular flexibility index (Phi) is 7.71. The number of nitrogens with one attached hydrogen (secondary N) is 1. The lowest BCUT2D eigenvalue weighted by Crippen LogP contribution is -2.37. The predicted molar refractivity (Wildman–Crippen MR) is 154 cm³/mol. The largest absolute Gasteiger partial charge is 0.355 e. The number of halogens is 1. The van der Waals surface area contributed by atoms with Gasteiger partial charge in [-0.15, -0.1) is 0 Å². The number of rotatable bonds is 9. The molecule has 0 spiro atoms. The van der Waals surface area contributed by atoms with Crippen molar-refractivity contribution >= 4 is 44.7 Å². The normalized spacial score (nSPS) is 16.4. The van der Waals surface area contributed by atoms with Gasteiger partial charge < -0.3 is 15.5 Å². The predicted octanol–water partition coefficient (Wildman–Crippen LogP) is 2.70. The summed E-state index contributed by atoms with van der Waals surface area (Å²) in [6, 6.07) is 7.79. The van der Waals surface area contributed by atoms with E-state index in [1.165, 1.54) is 18.2 Å². The second kappa shape index (κ2) is 11.1. The van der Waals surface area contributed by atoms with Crippen molar-refractivity contribution < 1.29 is 13.2 Å². The van der Waals surface area contributed by atoms with Crippen LogP contribution >= 0.6 is 11.6 Å². The lowest BCUT2D eigenvalue weighted by atomic mass is 10.1. The highest BCUT2D eigenvalue weighted by atomic mass is 35.5. The number of carbonyl (C=O) groups is 1. The van der Waals surface area contributed by atoms with Crippen LogP contribution in [-0.4, -0.2) is 75.5 Å². The van der Waals surface area contributed by atoms with Crippen molar-refractivity contribution in [2.24, 2.45) is 5.73 Å². The number of aryl methyl sites for hydroxylation is 1. The molecular formula is C26H32ClN9O3S. The minimum absolute atomic E-state index is 0.126. The smallest absolute Gasteiger partial charge is 0.256 e. The van der Waals surface area contributed by atoms with Crippen LogP contribution in [0, 0.1) is 6.92 Å². The van der Waals surface area contributed by atoms with Crippen LogP contribution in [-0.2, 0) is 16.6 Å². The van der Waals surface area contributed by atoms with Crippen molar-refractivity contribution in [2.75, 3.05) is 35.5 Å². The van der Waals surface area contributed by atoms with E-state index in [2.05, 4.69) is 14.7 Å². The number of nitrogens with zero attached hydrogens (tertiary/aromatic N) is 7. The molecule has 0 bridgehead atoms. The number of hydrogen-bond donors (Lipinski definition) is 2. The molecule has 40 heavy (non-hydrogen) atoms. The fourth-order valence-electron chi connectivity index (χ4n) is 4.93. The van der Waals surface area contributed by atoms with E-state index in [1.807, 2.05) is 38.4 Å². The molecule has 12 nitrogen and oxygen atoms in total. The molecule has 5 rings (SSSR count). The quantitative estimate of drug-likeness (QED) is 0.305. The van der Waals surface area contributed by atoms with E-state index >= 15 is 0 Å². The molecule has 2 atom stereocenters. The van der Waals surface area contributed by atoms with Gasteiger partial charge in [0.2, 0.25) is 10.0 Å². The van der Waals surface area contributed by atoms with Gasteiger partial charge >= 0.3 is 0 Å². The van der Waals surface area contributed by atoms with Crippen molar-refractivity contribution in [2.45, 2.75) is 38.9 Å². The summed E-state index contributed by atoms with van der Waals surface area (Å²) in [7, 11) is -3.64. The van der Waals surface area contributed by atoms with E-state index in [4.69, 9.17) is 27.4 Å². The monoisotopic (exact) mass is 585 g/mol. The van der Waals surface area contributed by atoms with Gasteiger partial charge in [-0.2, -0.15) is 10.2 Å². The number of carbonyl (C=O) groups excluding carboxylic acids is 1. The molecule has 1 aromatic carbocycles. The number of sulfonamides is 1. The van der Waals surface area contributed by atoms with Crippen LogP contribution in [0.2, 0.25) is 5.02 Å². The Morgan fingerprint density at radius 3 is 2.80 bits per heavy atom. The standard InChI is InChI=1S/C26H32ClN9O3S/c1-17-15-36-24(30-25(17)33-10-7-20(28)16-33)14-23(31-36)18(2)35(12-11-34-9-4-8-29-34)26(37)21-13-19(27)5-6-22(21)32-40(3,38)39/h4-6,8-9,13-15,18,20,32H,7,10-12,16,28H2,1-3H3/t18-,20-/m0/s1. The average molecular weight is 586 g/mol. The molecule has 212 valence electrons. The molecule has 3 aromatic heterocycles. The van der Waals surface area contributed by atoms with Crippen LogP contribution < -0.4 is 15.4 Å². The first-order valence-corrected chi connectivity index (χ1v) is 15.2. The Bertz CT molecular complexity index is 1640. The SMILES string of the molecule is Cc1cn2nc([C@H](C)N(CCn3cccn3)C(=O)c3cc(Cl)ccc3NS(C)(=O)=O)cc2nc1N1CC[C@H](N)C1. The lowest BCUT2D eigenvalue weighted by molar-refractivity contribution is 0.0678. The average Bonchev–Trinajstić information content (AvgIpc) is 3.65. The molecular weight excluding hydrogens is 554 g/mol.